The van der Waals surface area contributed by atoms with Crippen LogP contribution in [0.15, 0.2) is 18.2 Å². The average Bonchev–Trinajstić information content (AvgIpc) is 2.94. The second-order valence-corrected chi connectivity index (χ2v) is 5.56. The molecular weight excluding hydrogens is 266 g/mol. The average molecular weight is 289 g/mol. The standard InChI is InChI=1S/C16H23N3O2/c1-12-6-5-7-14(13(12)2)18-15(20)10-17-16(21)11-19-8-3-4-9-19/h5-7H,3-4,8-11H2,1-2H3,(H,17,21)(H,18,20). The minimum Gasteiger partial charge on any atom is -0.346 e. The molecule has 1 fully saturated rings. The Morgan fingerprint density at radius 2 is 1.86 bits per heavy atom. The molecule has 0 spiro atoms. The van der Waals surface area contributed by atoms with Gasteiger partial charge in [-0.05, 0) is 57.0 Å². The Morgan fingerprint density at radius 1 is 1.14 bits per heavy atom. The first kappa shape index (κ1) is 15.5. The zero-order valence-corrected chi connectivity index (χ0v) is 12.7. The van der Waals surface area contributed by atoms with Gasteiger partial charge in [0.25, 0.3) is 0 Å². The first-order chi connectivity index (χ1) is 10.1. The molecule has 0 unspecified atom stereocenters. The van der Waals surface area contributed by atoms with Crippen molar-refractivity contribution in [1.82, 2.24) is 10.2 Å². The number of aryl methyl sites for hydroxylation is 1. The first-order valence-corrected chi connectivity index (χ1v) is 7.41. The van der Waals surface area contributed by atoms with Gasteiger partial charge in [-0.1, -0.05) is 12.1 Å². The third-order valence-electron chi connectivity index (χ3n) is 3.89. The molecule has 0 saturated carbocycles. The minimum absolute atomic E-state index is 0.0139. The highest BCUT2D eigenvalue weighted by Gasteiger charge is 2.15. The number of amides is 2. The Morgan fingerprint density at radius 3 is 2.57 bits per heavy atom. The van der Waals surface area contributed by atoms with Crippen LogP contribution in [0.2, 0.25) is 0 Å². The lowest BCUT2D eigenvalue weighted by Gasteiger charge is -2.14. The van der Waals surface area contributed by atoms with E-state index in [-0.39, 0.29) is 18.4 Å². The van der Waals surface area contributed by atoms with E-state index in [1.165, 1.54) is 0 Å². The molecule has 1 heterocycles. The number of hydrogen-bond donors (Lipinski definition) is 2. The topological polar surface area (TPSA) is 61.4 Å². The van der Waals surface area contributed by atoms with Gasteiger partial charge in [-0.25, -0.2) is 0 Å². The van der Waals surface area contributed by atoms with Crippen LogP contribution in [0.25, 0.3) is 0 Å². The summed E-state index contributed by atoms with van der Waals surface area (Å²) < 4.78 is 0. The van der Waals surface area contributed by atoms with Crippen LogP contribution in [0, 0.1) is 13.8 Å². The zero-order valence-electron chi connectivity index (χ0n) is 12.7. The molecule has 1 aromatic rings. The van der Waals surface area contributed by atoms with Gasteiger partial charge in [0, 0.05) is 5.69 Å². The van der Waals surface area contributed by atoms with E-state index in [9.17, 15) is 9.59 Å². The van der Waals surface area contributed by atoms with Gasteiger partial charge in [0.1, 0.15) is 0 Å². The largest absolute Gasteiger partial charge is 0.346 e. The molecular formula is C16H23N3O2. The number of anilines is 1. The van der Waals surface area contributed by atoms with E-state index >= 15 is 0 Å². The summed E-state index contributed by atoms with van der Waals surface area (Å²) in [6, 6.07) is 5.78. The van der Waals surface area contributed by atoms with E-state index < -0.39 is 0 Å². The fourth-order valence-corrected chi connectivity index (χ4v) is 2.46. The Kier molecular flexibility index (Phi) is 5.33. The Balaban J connectivity index is 1.76. The van der Waals surface area contributed by atoms with Gasteiger partial charge in [0.05, 0.1) is 13.1 Å². The molecule has 1 aromatic carbocycles. The third-order valence-corrected chi connectivity index (χ3v) is 3.89. The molecule has 1 saturated heterocycles. The molecule has 2 N–H and O–H groups in total. The Labute approximate surface area is 125 Å². The van der Waals surface area contributed by atoms with Crippen molar-refractivity contribution < 1.29 is 9.59 Å². The van der Waals surface area contributed by atoms with Crippen LogP contribution < -0.4 is 10.6 Å². The maximum atomic E-state index is 11.9. The SMILES string of the molecule is Cc1cccc(NC(=O)CNC(=O)CN2CCCC2)c1C. The highest BCUT2D eigenvalue weighted by Crippen LogP contribution is 2.17. The van der Waals surface area contributed by atoms with E-state index in [1.54, 1.807) is 0 Å². The predicted octanol–water partition coefficient (Wildman–Crippen LogP) is 1.45. The van der Waals surface area contributed by atoms with Gasteiger partial charge >= 0.3 is 0 Å². The Hall–Kier alpha value is -1.88. The normalized spacial score (nSPS) is 15.0. The van der Waals surface area contributed by atoms with Crippen molar-refractivity contribution in [3.05, 3.63) is 29.3 Å². The number of likely N-dealkylation sites (tertiary alicyclic amines) is 1. The fraction of sp³-hybridized carbons (Fsp3) is 0.500. The van der Waals surface area contributed by atoms with E-state index in [2.05, 4.69) is 15.5 Å². The minimum atomic E-state index is -0.196. The van der Waals surface area contributed by atoms with Gasteiger partial charge in [0.2, 0.25) is 11.8 Å². The molecule has 2 amide bonds. The number of carbonyl (C=O) groups is 2. The third kappa shape index (κ3) is 4.56. The summed E-state index contributed by atoms with van der Waals surface area (Å²) in [6.45, 7) is 6.32. The maximum Gasteiger partial charge on any atom is 0.243 e. The monoisotopic (exact) mass is 289 g/mol. The van der Waals surface area contributed by atoms with Crippen molar-refractivity contribution in [2.24, 2.45) is 0 Å². The van der Waals surface area contributed by atoms with Crippen LogP contribution >= 0.6 is 0 Å². The van der Waals surface area contributed by atoms with Crippen LogP contribution in [-0.2, 0) is 9.59 Å². The number of nitrogens with zero attached hydrogens (tertiary/aromatic N) is 1. The second-order valence-electron chi connectivity index (χ2n) is 5.56. The molecule has 0 radical (unpaired) electrons. The van der Waals surface area contributed by atoms with Gasteiger partial charge in [0.15, 0.2) is 0 Å². The molecule has 114 valence electrons. The van der Waals surface area contributed by atoms with Gasteiger partial charge < -0.3 is 10.6 Å². The van der Waals surface area contributed by atoms with Crippen molar-refractivity contribution >= 4 is 17.5 Å². The second kappa shape index (κ2) is 7.22. The number of hydrogen-bond acceptors (Lipinski definition) is 3. The van der Waals surface area contributed by atoms with Crippen LogP contribution in [-0.4, -0.2) is 42.9 Å². The summed E-state index contributed by atoms with van der Waals surface area (Å²) >= 11 is 0. The number of rotatable bonds is 5. The lowest BCUT2D eigenvalue weighted by atomic mass is 10.1. The highest BCUT2D eigenvalue weighted by molar-refractivity contribution is 5.95. The van der Waals surface area contributed by atoms with Crippen LogP contribution in [0.5, 0.6) is 0 Å². The maximum absolute atomic E-state index is 11.9. The molecule has 21 heavy (non-hydrogen) atoms. The van der Waals surface area contributed by atoms with Crippen LogP contribution in [0.3, 0.4) is 0 Å². The zero-order chi connectivity index (χ0) is 15.2. The van der Waals surface area contributed by atoms with Gasteiger partial charge in [-0.15, -0.1) is 0 Å². The van der Waals surface area contributed by atoms with Crippen LogP contribution in [0.4, 0.5) is 5.69 Å². The predicted molar refractivity (Wildman–Crippen MR) is 83.2 cm³/mol. The van der Waals surface area contributed by atoms with E-state index in [0.29, 0.717) is 6.54 Å². The van der Waals surface area contributed by atoms with Crippen molar-refractivity contribution in [2.45, 2.75) is 26.7 Å². The van der Waals surface area contributed by atoms with Gasteiger partial charge in [-0.3, -0.25) is 14.5 Å². The van der Waals surface area contributed by atoms with Crippen LogP contribution in [0.1, 0.15) is 24.0 Å². The molecule has 0 bridgehead atoms. The summed E-state index contributed by atoms with van der Waals surface area (Å²) in [5.74, 6) is -0.286. The quantitative estimate of drug-likeness (QED) is 0.862. The lowest BCUT2D eigenvalue weighted by molar-refractivity contribution is -0.124. The summed E-state index contributed by atoms with van der Waals surface area (Å²) in [5.41, 5.74) is 2.98. The summed E-state index contributed by atoms with van der Waals surface area (Å²) in [7, 11) is 0. The van der Waals surface area contributed by atoms with Gasteiger partial charge in [-0.2, -0.15) is 0 Å². The highest BCUT2D eigenvalue weighted by atomic mass is 16.2. The smallest absolute Gasteiger partial charge is 0.243 e. The molecule has 1 aliphatic rings. The summed E-state index contributed by atoms with van der Waals surface area (Å²) in [4.78, 5) is 25.7. The fourth-order valence-electron chi connectivity index (χ4n) is 2.46. The number of benzene rings is 1. The number of carbonyl (C=O) groups excluding carboxylic acids is 2. The van der Waals surface area contributed by atoms with Crippen molar-refractivity contribution in [2.75, 3.05) is 31.5 Å². The van der Waals surface area contributed by atoms with Crippen molar-refractivity contribution in [3.8, 4) is 0 Å². The Bertz CT molecular complexity index is 522. The molecule has 0 atom stereocenters. The number of nitrogens with one attached hydrogen (secondary N) is 2. The molecule has 5 nitrogen and oxygen atoms in total. The molecule has 2 rings (SSSR count). The van der Waals surface area contributed by atoms with E-state index in [4.69, 9.17) is 0 Å². The van der Waals surface area contributed by atoms with Crippen molar-refractivity contribution in [1.29, 1.82) is 0 Å². The van der Waals surface area contributed by atoms with E-state index in [0.717, 1.165) is 42.7 Å². The van der Waals surface area contributed by atoms with E-state index in [1.807, 2.05) is 32.0 Å². The molecule has 0 aromatic heterocycles. The summed E-state index contributed by atoms with van der Waals surface area (Å²) in [5, 5.41) is 5.50. The molecule has 1 aliphatic heterocycles. The lowest BCUT2D eigenvalue weighted by Crippen LogP contribution is -2.39. The molecule has 5 heteroatoms. The summed E-state index contributed by atoms with van der Waals surface area (Å²) in [6.07, 6.45) is 2.31. The van der Waals surface area contributed by atoms with Crippen molar-refractivity contribution in [3.63, 3.8) is 0 Å². The first-order valence-electron chi connectivity index (χ1n) is 7.41. The molecule has 0 aliphatic carbocycles.